The van der Waals surface area contributed by atoms with Crippen LogP contribution in [0, 0.1) is 5.82 Å². The number of rotatable bonds is 10. The molecule has 0 spiro atoms. The van der Waals surface area contributed by atoms with Gasteiger partial charge in [0.05, 0.1) is 25.4 Å². The van der Waals surface area contributed by atoms with Crippen LogP contribution in [0.1, 0.15) is 23.6 Å². The summed E-state index contributed by atoms with van der Waals surface area (Å²) in [6.45, 7) is 2.74. The van der Waals surface area contributed by atoms with Gasteiger partial charge in [0.2, 0.25) is 5.91 Å². The third-order valence-corrected chi connectivity index (χ3v) is 5.05. The summed E-state index contributed by atoms with van der Waals surface area (Å²) in [7, 11) is 3.29. The molecule has 0 atom stereocenters. The average Bonchev–Trinajstić information content (AvgIpc) is 2.79. The third-order valence-electron chi connectivity index (χ3n) is 5.05. The van der Waals surface area contributed by atoms with Crippen molar-refractivity contribution in [2.45, 2.75) is 26.5 Å². The minimum Gasteiger partial charge on any atom is -0.455 e. The molecule has 0 saturated heterocycles. The van der Waals surface area contributed by atoms with E-state index in [1.807, 2.05) is 48.5 Å². The third kappa shape index (κ3) is 6.15. The summed E-state index contributed by atoms with van der Waals surface area (Å²) in [6, 6.07) is 19.4. The number of nitrogens with zero attached hydrogens (tertiary/aromatic N) is 1. The van der Waals surface area contributed by atoms with Crippen LogP contribution in [0.2, 0.25) is 0 Å². The summed E-state index contributed by atoms with van der Waals surface area (Å²) in [5, 5.41) is 0. The molecule has 3 rings (SSSR count). The molecular formula is C26H28FNO4. The van der Waals surface area contributed by atoms with Crippen molar-refractivity contribution in [1.29, 1.82) is 0 Å². The molecule has 0 aliphatic rings. The zero-order valence-corrected chi connectivity index (χ0v) is 18.6. The SMILES string of the molecule is COCCc1ccc(COC)cc1CN(C(C)=O)c1cc(F)ccc1Oc1ccccc1. The number of amides is 1. The van der Waals surface area contributed by atoms with Crippen molar-refractivity contribution in [3.05, 3.63) is 89.2 Å². The minimum atomic E-state index is -0.445. The van der Waals surface area contributed by atoms with E-state index < -0.39 is 5.82 Å². The molecule has 5 nitrogen and oxygen atoms in total. The predicted octanol–water partition coefficient (Wildman–Crippen LogP) is 5.51. The van der Waals surface area contributed by atoms with E-state index in [4.69, 9.17) is 14.2 Å². The van der Waals surface area contributed by atoms with E-state index >= 15 is 0 Å². The number of methoxy groups -OCH3 is 2. The first-order chi connectivity index (χ1) is 15.5. The summed E-state index contributed by atoms with van der Waals surface area (Å²) >= 11 is 0. The lowest BCUT2D eigenvalue weighted by Crippen LogP contribution is -2.29. The fraction of sp³-hybridized carbons (Fsp3) is 0.269. The number of hydrogen-bond donors (Lipinski definition) is 0. The van der Waals surface area contributed by atoms with Crippen molar-refractivity contribution in [3.8, 4) is 11.5 Å². The summed E-state index contributed by atoms with van der Waals surface area (Å²) in [5.74, 6) is 0.341. The molecule has 0 radical (unpaired) electrons. The number of halogens is 1. The Kier molecular flexibility index (Phi) is 8.36. The molecule has 3 aromatic rings. The van der Waals surface area contributed by atoms with Gasteiger partial charge in [-0.15, -0.1) is 0 Å². The Labute approximate surface area is 188 Å². The summed E-state index contributed by atoms with van der Waals surface area (Å²) in [4.78, 5) is 14.2. The van der Waals surface area contributed by atoms with E-state index in [2.05, 4.69) is 0 Å². The second-order valence-corrected chi connectivity index (χ2v) is 7.41. The van der Waals surface area contributed by atoms with Crippen molar-refractivity contribution in [2.24, 2.45) is 0 Å². The summed E-state index contributed by atoms with van der Waals surface area (Å²) in [5.41, 5.74) is 3.37. The molecule has 0 aliphatic carbocycles. The van der Waals surface area contributed by atoms with Gasteiger partial charge in [0, 0.05) is 27.2 Å². The van der Waals surface area contributed by atoms with E-state index in [0.29, 0.717) is 36.8 Å². The average molecular weight is 438 g/mol. The normalized spacial score (nSPS) is 10.8. The Morgan fingerprint density at radius 2 is 1.72 bits per heavy atom. The molecule has 0 bridgehead atoms. The molecule has 0 aromatic heterocycles. The summed E-state index contributed by atoms with van der Waals surface area (Å²) in [6.07, 6.45) is 0.696. The number of carbonyl (C=O) groups excluding carboxylic acids is 1. The number of para-hydroxylation sites is 1. The lowest BCUT2D eigenvalue weighted by molar-refractivity contribution is -0.116. The number of carbonyl (C=O) groups is 1. The van der Waals surface area contributed by atoms with Gasteiger partial charge < -0.3 is 19.1 Å². The van der Waals surface area contributed by atoms with E-state index in [-0.39, 0.29) is 12.5 Å². The first-order valence-electron chi connectivity index (χ1n) is 10.4. The van der Waals surface area contributed by atoms with Crippen LogP contribution in [0.25, 0.3) is 0 Å². The maximum atomic E-state index is 14.2. The zero-order chi connectivity index (χ0) is 22.9. The lowest BCUT2D eigenvalue weighted by Gasteiger charge is -2.25. The largest absolute Gasteiger partial charge is 0.455 e. The second kappa shape index (κ2) is 11.4. The van der Waals surface area contributed by atoms with E-state index in [9.17, 15) is 9.18 Å². The Morgan fingerprint density at radius 1 is 0.938 bits per heavy atom. The van der Waals surface area contributed by atoms with Crippen LogP contribution < -0.4 is 9.64 Å². The number of benzene rings is 3. The Hall–Kier alpha value is -3.22. The highest BCUT2D eigenvalue weighted by atomic mass is 19.1. The molecule has 0 aliphatic heterocycles. The van der Waals surface area contributed by atoms with Gasteiger partial charge in [-0.1, -0.05) is 36.4 Å². The van der Waals surface area contributed by atoms with Crippen LogP contribution in [-0.4, -0.2) is 26.7 Å². The van der Waals surface area contributed by atoms with Crippen LogP contribution in [0.15, 0.2) is 66.7 Å². The molecule has 0 N–H and O–H groups in total. The van der Waals surface area contributed by atoms with Gasteiger partial charge in [-0.25, -0.2) is 4.39 Å². The van der Waals surface area contributed by atoms with Crippen LogP contribution >= 0.6 is 0 Å². The van der Waals surface area contributed by atoms with Gasteiger partial charge in [0.15, 0.2) is 5.75 Å². The highest BCUT2D eigenvalue weighted by molar-refractivity contribution is 5.93. The van der Waals surface area contributed by atoms with Crippen molar-refractivity contribution < 1.29 is 23.4 Å². The van der Waals surface area contributed by atoms with Gasteiger partial charge in [0.25, 0.3) is 0 Å². The van der Waals surface area contributed by atoms with Gasteiger partial charge in [-0.05, 0) is 47.4 Å². The Bertz CT molecular complexity index is 1040. The molecule has 0 saturated carbocycles. The molecule has 6 heteroatoms. The minimum absolute atomic E-state index is 0.219. The molecule has 1 amide bonds. The monoisotopic (exact) mass is 437 g/mol. The van der Waals surface area contributed by atoms with Crippen molar-refractivity contribution in [2.75, 3.05) is 25.7 Å². The summed E-state index contributed by atoms with van der Waals surface area (Å²) < 4.78 is 30.7. The standard InChI is InChI=1S/C26H28FNO4/c1-19(29)28(17-22-15-20(18-31-3)9-10-21(22)13-14-30-2)25-16-23(27)11-12-26(25)32-24-7-5-4-6-8-24/h4-12,15-16H,13-14,17-18H2,1-3H3. The quantitative estimate of drug-likeness (QED) is 0.420. The van der Waals surface area contributed by atoms with Crippen molar-refractivity contribution in [3.63, 3.8) is 0 Å². The Morgan fingerprint density at radius 3 is 2.41 bits per heavy atom. The topological polar surface area (TPSA) is 48.0 Å². The Balaban J connectivity index is 2.00. The molecule has 168 valence electrons. The fourth-order valence-corrected chi connectivity index (χ4v) is 3.48. The van der Waals surface area contributed by atoms with Crippen LogP contribution in [0.4, 0.5) is 10.1 Å². The highest BCUT2D eigenvalue weighted by Gasteiger charge is 2.20. The molecule has 0 fully saturated rings. The maximum absolute atomic E-state index is 14.2. The van der Waals surface area contributed by atoms with Crippen LogP contribution in [0.5, 0.6) is 11.5 Å². The molecule has 0 heterocycles. The number of ether oxygens (including phenoxy) is 3. The van der Waals surface area contributed by atoms with E-state index in [0.717, 1.165) is 16.7 Å². The first-order valence-corrected chi connectivity index (χ1v) is 10.4. The van der Waals surface area contributed by atoms with Gasteiger partial charge in [0.1, 0.15) is 11.6 Å². The first kappa shape index (κ1) is 23.4. The van der Waals surface area contributed by atoms with Gasteiger partial charge in [-0.2, -0.15) is 0 Å². The van der Waals surface area contributed by atoms with E-state index in [1.165, 1.54) is 24.0 Å². The smallest absolute Gasteiger partial charge is 0.224 e. The molecular weight excluding hydrogens is 409 g/mol. The lowest BCUT2D eigenvalue weighted by atomic mass is 10.0. The van der Waals surface area contributed by atoms with Crippen LogP contribution in [0.3, 0.4) is 0 Å². The van der Waals surface area contributed by atoms with Gasteiger partial charge in [-0.3, -0.25) is 4.79 Å². The number of hydrogen-bond acceptors (Lipinski definition) is 4. The molecule has 32 heavy (non-hydrogen) atoms. The highest BCUT2D eigenvalue weighted by Crippen LogP contribution is 2.34. The fourth-order valence-electron chi connectivity index (χ4n) is 3.48. The maximum Gasteiger partial charge on any atom is 0.224 e. The second-order valence-electron chi connectivity index (χ2n) is 7.41. The number of anilines is 1. The molecule has 0 unspecified atom stereocenters. The van der Waals surface area contributed by atoms with Crippen LogP contribution in [-0.2, 0) is 33.8 Å². The molecule has 3 aromatic carbocycles. The van der Waals surface area contributed by atoms with Crippen molar-refractivity contribution >= 4 is 11.6 Å². The van der Waals surface area contributed by atoms with Crippen molar-refractivity contribution in [1.82, 2.24) is 0 Å². The van der Waals surface area contributed by atoms with Gasteiger partial charge >= 0.3 is 0 Å². The predicted molar refractivity (Wildman–Crippen MR) is 123 cm³/mol. The van der Waals surface area contributed by atoms with E-state index in [1.54, 1.807) is 20.3 Å². The zero-order valence-electron chi connectivity index (χ0n) is 18.6.